The van der Waals surface area contributed by atoms with E-state index >= 15 is 0 Å². The molecule has 4 aliphatic heterocycles. The van der Waals surface area contributed by atoms with Crippen LogP contribution in [0.1, 0.15) is 52.4 Å². The molecule has 1 saturated carbocycles. The molecular formula is C30H39N3O6. The van der Waals surface area contributed by atoms with E-state index in [9.17, 15) is 14.4 Å². The lowest BCUT2D eigenvalue weighted by atomic mass is 9.74. The molecule has 210 valence electrons. The van der Waals surface area contributed by atoms with Crippen LogP contribution in [0, 0.1) is 17.8 Å². The summed E-state index contributed by atoms with van der Waals surface area (Å²) in [6.45, 7) is 5.63. The zero-order valence-corrected chi connectivity index (χ0v) is 22.8. The Morgan fingerprint density at radius 2 is 1.90 bits per heavy atom. The average molecular weight is 538 g/mol. The van der Waals surface area contributed by atoms with E-state index in [1.807, 2.05) is 19.1 Å². The van der Waals surface area contributed by atoms with Crippen LogP contribution in [0.4, 0.5) is 5.69 Å². The first-order valence-corrected chi connectivity index (χ1v) is 14.5. The molecule has 5 aliphatic rings. The molecule has 3 amide bonds. The molecule has 39 heavy (non-hydrogen) atoms. The lowest BCUT2D eigenvalue weighted by Gasteiger charge is -2.36. The summed E-state index contributed by atoms with van der Waals surface area (Å²) >= 11 is 0. The van der Waals surface area contributed by atoms with E-state index in [0.29, 0.717) is 31.4 Å². The predicted octanol–water partition coefficient (Wildman–Crippen LogP) is 3.05. The molecule has 9 nitrogen and oxygen atoms in total. The van der Waals surface area contributed by atoms with Gasteiger partial charge in [-0.25, -0.2) is 0 Å². The molecule has 8 atom stereocenters. The van der Waals surface area contributed by atoms with Crippen LogP contribution in [0.3, 0.4) is 0 Å². The van der Waals surface area contributed by atoms with Crippen molar-refractivity contribution in [1.82, 2.24) is 10.2 Å². The van der Waals surface area contributed by atoms with Gasteiger partial charge in [0.1, 0.15) is 17.4 Å². The zero-order chi connectivity index (χ0) is 27.1. The van der Waals surface area contributed by atoms with Gasteiger partial charge in [0.05, 0.1) is 30.7 Å². The Bertz CT molecular complexity index is 1130. The third-order valence-electron chi connectivity index (χ3n) is 9.22. The van der Waals surface area contributed by atoms with Crippen molar-refractivity contribution < 1.29 is 28.6 Å². The maximum absolute atomic E-state index is 14.1. The number of carbonyl (C=O) groups excluding carboxylic acids is 3. The van der Waals surface area contributed by atoms with E-state index in [4.69, 9.17) is 14.2 Å². The second-order valence-corrected chi connectivity index (χ2v) is 11.7. The van der Waals surface area contributed by atoms with Gasteiger partial charge in [0, 0.05) is 24.9 Å². The maximum Gasteiger partial charge on any atom is 0.246 e. The summed E-state index contributed by atoms with van der Waals surface area (Å²) in [4.78, 5) is 43.4. The SMILES string of the molecule is CCOc1ccc(NC(=O)[C@@H]2[C@@H]3C=C[C@]4(O3)[C@@H]2C(=O)N(C[C@@H]2CCCO2)[C@H]4C(=O)N[C@@H]2CCCC[C@H]2C)cc1. The van der Waals surface area contributed by atoms with Crippen molar-refractivity contribution in [2.45, 2.75) is 82.3 Å². The Kier molecular flexibility index (Phi) is 7.14. The number of likely N-dealkylation sites (tertiary alicyclic amines) is 1. The highest BCUT2D eigenvalue weighted by atomic mass is 16.5. The number of carbonyl (C=O) groups is 3. The van der Waals surface area contributed by atoms with E-state index in [1.165, 1.54) is 6.42 Å². The summed E-state index contributed by atoms with van der Waals surface area (Å²) in [6.07, 6.45) is 9.08. The van der Waals surface area contributed by atoms with Gasteiger partial charge in [0.25, 0.3) is 0 Å². The molecule has 4 fully saturated rings. The number of amides is 3. The van der Waals surface area contributed by atoms with Gasteiger partial charge in [-0.15, -0.1) is 0 Å². The Morgan fingerprint density at radius 3 is 2.62 bits per heavy atom. The van der Waals surface area contributed by atoms with Crippen LogP contribution in [0.2, 0.25) is 0 Å². The van der Waals surface area contributed by atoms with Gasteiger partial charge >= 0.3 is 0 Å². The van der Waals surface area contributed by atoms with Crippen molar-refractivity contribution in [1.29, 1.82) is 0 Å². The molecular weight excluding hydrogens is 498 g/mol. The minimum atomic E-state index is -1.16. The number of hydrogen-bond donors (Lipinski definition) is 2. The quantitative estimate of drug-likeness (QED) is 0.494. The molecule has 1 aromatic carbocycles. The fourth-order valence-electron chi connectivity index (χ4n) is 7.29. The fraction of sp³-hybridized carbons (Fsp3) is 0.633. The van der Waals surface area contributed by atoms with Crippen LogP contribution in [0.25, 0.3) is 0 Å². The lowest BCUT2D eigenvalue weighted by Crippen LogP contribution is -2.58. The van der Waals surface area contributed by atoms with E-state index in [-0.39, 0.29) is 29.9 Å². The second kappa shape index (κ2) is 10.6. The summed E-state index contributed by atoms with van der Waals surface area (Å²) in [5, 5.41) is 6.24. The summed E-state index contributed by atoms with van der Waals surface area (Å²) in [7, 11) is 0. The number of hydrogen-bond acceptors (Lipinski definition) is 6. The molecule has 1 aliphatic carbocycles. The van der Waals surface area contributed by atoms with Gasteiger partial charge in [-0.2, -0.15) is 0 Å². The van der Waals surface area contributed by atoms with E-state index in [1.54, 1.807) is 29.2 Å². The van der Waals surface area contributed by atoms with Crippen molar-refractivity contribution in [3.63, 3.8) is 0 Å². The molecule has 6 rings (SSSR count). The van der Waals surface area contributed by atoms with Gasteiger partial charge in [-0.1, -0.05) is 31.9 Å². The monoisotopic (exact) mass is 537 g/mol. The third kappa shape index (κ3) is 4.63. The summed E-state index contributed by atoms with van der Waals surface area (Å²) in [5.74, 6) is -1.08. The first-order chi connectivity index (χ1) is 18.9. The number of nitrogens with one attached hydrogen (secondary N) is 2. The highest BCUT2D eigenvalue weighted by Crippen LogP contribution is 2.55. The molecule has 2 bridgehead atoms. The van der Waals surface area contributed by atoms with Crippen molar-refractivity contribution in [3.05, 3.63) is 36.4 Å². The molecule has 1 spiro atoms. The highest BCUT2D eigenvalue weighted by molar-refractivity contribution is 6.02. The summed E-state index contributed by atoms with van der Waals surface area (Å²) in [6, 6.07) is 6.40. The zero-order valence-electron chi connectivity index (χ0n) is 22.8. The normalized spacial score (nSPS) is 36.7. The minimum absolute atomic E-state index is 0.0720. The highest BCUT2D eigenvalue weighted by Gasteiger charge is 2.73. The van der Waals surface area contributed by atoms with Crippen molar-refractivity contribution in [2.75, 3.05) is 25.1 Å². The standard InChI is InChI=1S/C30H39N3O6/c1-3-37-20-12-10-19(11-13-20)31-27(34)24-23-14-15-30(39-23)25(24)29(36)33(17-21-8-6-16-38-21)26(30)28(35)32-22-9-5-4-7-18(22)2/h10-15,18,21-26H,3-9,16-17H2,1-2H3,(H,31,34)(H,32,35)/t18-,21+,22-,23+,24-,25+,26+,30+/m1/s1. The van der Waals surface area contributed by atoms with E-state index in [2.05, 4.69) is 17.6 Å². The third-order valence-corrected chi connectivity index (χ3v) is 9.22. The van der Waals surface area contributed by atoms with Crippen LogP contribution >= 0.6 is 0 Å². The smallest absolute Gasteiger partial charge is 0.246 e. The number of nitrogens with zero attached hydrogens (tertiary/aromatic N) is 1. The van der Waals surface area contributed by atoms with Crippen molar-refractivity contribution >= 4 is 23.4 Å². The number of ether oxygens (including phenoxy) is 3. The van der Waals surface area contributed by atoms with Gasteiger partial charge < -0.3 is 29.7 Å². The summed E-state index contributed by atoms with van der Waals surface area (Å²) in [5.41, 5.74) is -0.546. The predicted molar refractivity (Wildman–Crippen MR) is 144 cm³/mol. The molecule has 0 unspecified atom stereocenters. The van der Waals surface area contributed by atoms with Crippen LogP contribution in [0.5, 0.6) is 5.75 Å². The van der Waals surface area contributed by atoms with Gasteiger partial charge in [0.2, 0.25) is 17.7 Å². The Balaban J connectivity index is 1.26. The molecule has 9 heteroatoms. The molecule has 3 saturated heterocycles. The lowest BCUT2D eigenvalue weighted by molar-refractivity contribution is -0.143. The van der Waals surface area contributed by atoms with Crippen LogP contribution in [-0.4, -0.2) is 72.3 Å². The van der Waals surface area contributed by atoms with Crippen LogP contribution < -0.4 is 15.4 Å². The molecule has 0 aromatic heterocycles. The number of rotatable bonds is 8. The van der Waals surface area contributed by atoms with E-state index < -0.39 is 29.6 Å². The Hall–Kier alpha value is -2.91. The first kappa shape index (κ1) is 26.3. The molecule has 4 heterocycles. The van der Waals surface area contributed by atoms with E-state index in [0.717, 1.165) is 37.9 Å². The molecule has 0 radical (unpaired) electrons. The second-order valence-electron chi connectivity index (χ2n) is 11.7. The van der Waals surface area contributed by atoms with Gasteiger partial charge in [-0.3, -0.25) is 14.4 Å². The largest absolute Gasteiger partial charge is 0.494 e. The van der Waals surface area contributed by atoms with Gasteiger partial charge in [0.15, 0.2) is 0 Å². The topological polar surface area (TPSA) is 106 Å². The number of fused-ring (bicyclic) bond motifs is 1. The van der Waals surface area contributed by atoms with Crippen molar-refractivity contribution in [3.8, 4) is 5.75 Å². The van der Waals surface area contributed by atoms with Crippen LogP contribution in [-0.2, 0) is 23.9 Å². The minimum Gasteiger partial charge on any atom is -0.494 e. The number of benzene rings is 1. The first-order valence-electron chi connectivity index (χ1n) is 14.5. The maximum atomic E-state index is 14.1. The Morgan fingerprint density at radius 1 is 1.10 bits per heavy atom. The fourth-order valence-corrected chi connectivity index (χ4v) is 7.29. The molecule has 1 aromatic rings. The number of anilines is 1. The van der Waals surface area contributed by atoms with Crippen LogP contribution in [0.15, 0.2) is 36.4 Å². The molecule has 2 N–H and O–H groups in total. The average Bonchev–Trinajstić information content (AvgIpc) is 3.70. The Labute approximate surface area is 229 Å². The van der Waals surface area contributed by atoms with Crippen molar-refractivity contribution in [2.24, 2.45) is 17.8 Å². The van der Waals surface area contributed by atoms with Gasteiger partial charge in [-0.05, 0) is 62.8 Å². The summed E-state index contributed by atoms with van der Waals surface area (Å²) < 4.78 is 17.8.